The molecule has 0 spiro atoms. The van der Waals surface area contributed by atoms with E-state index in [0.29, 0.717) is 6.61 Å². The molecule has 1 heterocycles. The maximum Gasteiger partial charge on any atom is 0.114 e. The predicted octanol–water partition coefficient (Wildman–Crippen LogP) is 5.30. The first kappa shape index (κ1) is 28.6. The van der Waals surface area contributed by atoms with Gasteiger partial charge in [0.05, 0.1) is 13.2 Å². The lowest BCUT2D eigenvalue weighted by atomic mass is 10.0. The first-order valence-electron chi connectivity index (χ1n) is 13.1. The number of allylic oxidation sites excluding steroid dienone is 2. The van der Waals surface area contributed by atoms with E-state index in [2.05, 4.69) is 19.1 Å². The smallest absolute Gasteiger partial charge is 0.114 e. The number of aliphatic hydroxyl groups is 3. The minimum Gasteiger partial charge on any atom is -0.394 e. The molecule has 0 aromatic heterocycles. The number of unbranched alkanes of at least 4 members (excludes halogenated alkanes) is 14. The molecule has 0 aromatic rings. The van der Waals surface area contributed by atoms with E-state index in [0.717, 1.165) is 12.8 Å². The third-order valence-electron chi connectivity index (χ3n) is 6.21. The molecule has 5 nitrogen and oxygen atoms in total. The molecule has 0 bridgehead atoms. The van der Waals surface area contributed by atoms with Gasteiger partial charge in [0.15, 0.2) is 0 Å². The number of ether oxygens (including phenoxy) is 2. The molecule has 1 saturated heterocycles. The Labute approximate surface area is 191 Å². The fourth-order valence-electron chi connectivity index (χ4n) is 4.15. The molecule has 0 aliphatic carbocycles. The van der Waals surface area contributed by atoms with Crippen LogP contribution >= 0.6 is 0 Å². The van der Waals surface area contributed by atoms with Crippen molar-refractivity contribution in [3.05, 3.63) is 12.2 Å². The summed E-state index contributed by atoms with van der Waals surface area (Å²) < 4.78 is 11.0. The van der Waals surface area contributed by atoms with Crippen molar-refractivity contribution in [2.75, 3.05) is 19.8 Å². The number of rotatable bonds is 21. The van der Waals surface area contributed by atoms with E-state index in [4.69, 9.17) is 9.47 Å². The fourth-order valence-corrected chi connectivity index (χ4v) is 4.15. The zero-order valence-electron chi connectivity index (χ0n) is 20.1. The van der Waals surface area contributed by atoms with Crippen molar-refractivity contribution in [2.45, 2.75) is 134 Å². The van der Waals surface area contributed by atoms with E-state index in [1.807, 2.05) is 0 Å². The molecule has 184 valence electrons. The molecule has 3 N–H and O–H groups in total. The van der Waals surface area contributed by atoms with Crippen LogP contribution in [0.3, 0.4) is 0 Å². The van der Waals surface area contributed by atoms with Gasteiger partial charge in [-0.1, -0.05) is 96.1 Å². The molecule has 0 saturated carbocycles. The quantitative estimate of drug-likeness (QED) is 0.166. The van der Waals surface area contributed by atoms with Crippen molar-refractivity contribution in [3.63, 3.8) is 0 Å². The molecule has 1 aliphatic heterocycles. The van der Waals surface area contributed by atoms with E-state index in [1.165, 1.54) is 89.9 Å². The van der Waals surface area contributed by atoms with Crippen LogP contribution in [0.25, 0.3) is 0 Å². The van der Waals surface area contributed by atoms with Gasteiger partial charge in [-0.05, 0) is 25.7 Å². The Morgan fingerprint density at radius 3 is 1.81 bits per heavy atom. The molecule has 5 heteroatoms. The highest BCUT2D eigenvalue weighted by molar-refractivity contribution is 4.88. The van der Waals surface area contributed by atoms with Crippen LogP contribution in [0, 0.1) is 0 Å². The average molecular weight is 443 g/mol. The van der Waals surface area contributed by atoms with Crippen molar-refractivity contribution >= 4 is 0 Å². The van der Waals surface area contributed by atoms with Crippen LogP contribution in [0.1, 0.15) is 110 Å². The van der Waals surface area contributed by atoms with E-state index < -0.39 is 24.4 Å². The van der Waals surface area contributed by atoms with Gasteiger partial charge < -0.3 is 24.8 Å². The first-order chi connectivity index (χ1) is 15.2. The third kappa shape index (κ3) is 14.3. The first-order valence-corrected chi connectivity index (χ1v) is 13.1. The Balaban J connectivity index is 1.80. The number of hydrogen-bond acceptors (Lipinski definition) is 5. The van der Waals surface area contributed by atoms with Crippen LogP contribution in [0.15, 0.2) is 12.2 Å². The van der Waals surface area contributed by atoms with Crippen LogP contribution in [0.4, 0.5) is 0 Å². The second kappa shape index (κ2) is 20.2. The maximum absolute atomic E-state index is 9.85. The minimum absolute atomic E-state index is 0.0999. The lowest BCUT2D eigenvalue weighted by Gasteiger charge is -2.24. The topological polar surface area (TPSA) is 79.2 Å². The summed E-state index contributed by atoms with van der Waals surface area (Å²) >= 11 is 0. The Bertz CT molecular complexity index is 415. The zero-order valence-corrected chi connectivity index (χ0v) is 20.1. The molecule has 0 aromatic carbocycles. The van der Waals surface area contributed by atoms with E-state index in [1.54, 1.807) is 0 Å². The Morgan fingerprint density at radius 1 is 0.806 bits per heavy atom. The molecule has 0 radical (unpaired) electrons. The Kier molecular flexibility index (Phi) is 18.6. The molecular weight excluding hydrogens is 392 g/mol. The molecule has 1 rings (SSSR count). The Morgan fingerprint density at radius 2 is 1.32 bits per heavy atom. The van der Waals surface area contributed by atoms with Crippen LogP contribution in [0.5, 0.6) is 0 Å². The number of aliphatic hydroxyl groups excluding tert-OH is 3. The van der Waals surface area contributed by atoms with Crippen molar-refractivity contribution in [1.29, 1.82) is 0 Å². The molecule has 0 amide bonds. The van der Waals surface area contributed by atoms with Gasteiger partial charge in [-0.15, -0.1) is 0 Å². The van der Waals surface area contributed by atoms with E-state index in [9.17, 15) is 15.3 Å². The lowest BCUT2D eigenvalue weighted by Crippen LogP contribution is -2.42. The van der Waals surface area contributed by atoms with Crippen LogP contribution < -0.4 is 0 Å². The minimum atomic E-state index is -0.977. The summed E-state index contributed by atoms with van der Waals surface area (Å²) in [6.45, 7) is 2.68. The highest BCUT2D eigenvalue weighted by Crippen LogP contribution is 2.20. The van der Waals surface area contributed by atoms with E-state index in [-0.39, 0.29) is 13.2 Å². The SMILES string of the molecule is CCC/C=C/CCCCCCCCCCCCCCCO[C@@H](CO)[C@@H]1OC[C@@H](O)[C@@H]1O. The molecular formula is C26H50O5. The van der Waals surface area contributed by atoms with Gasteiger partial charge >= 0.3 is 0 Å². The largest absolute Gasteiger partial charge is 0.394 e. The lowest BCUT2D eigenvalue weighted by molar-refractivity contribution is -0.101. The summed E-state index contributed by atoms with van der Waals surface area (Å²) in [6.07, 6.45) is 22.3. The van der Waals surface area contributed by atoms with Crippen LogP contribution in [-0.4, -0.2) is 59.6 Å². The third-order valence-corrected chi connectivity index (χ3v) is 6.21. The molecule has 1 aliphatic rings. The van der Waals surface area contributed by atoms with Crippen molar-refractivity contribution < 1.29 is 24.8 Å². The van der Waals surface area contributed by atoms with E-state index >= 15 is 0 Å². The predicted molar refractivity (Wildman–Crippen MR) is 127 cm³/mol. The van der Waals surface area contributed by atoms with Crippen molar-refractivity contribution in [2.24, 2.45) is 0 Å². The van der Waals surface area contributed by atoms with Gasteiger partial charge in [0.2, 0.25) is 0 Å². The second-order valence-corrected chi connectivity index (χ2v) is 9.09. The summed E-state index contributed by atoms with van der Waals surface area (Å²) in [4.78, 5) is 0. The molecule has 0 unspecified atom stereocenters. The number of hydrogen-bond donors (Lipinski definition) is 3. The molecule has 31 heavy (non-hydrogen) atoms. The fraction of sp³-hybridized carbons (Fsp3) is 0.923. The van der Waals surface area contributed by atoms with Crippen molar-refractivity contribution in [3.8, 4) is 0 Å². The monoisotopic (exact) mass is 442 g/mol. The van der Waals surface area contributed by atoms with Gasteiger partial charge in [-0.25, -0.2) is 0 Å². The standard InChI is InChI=1S/C26H50O5/c1-2-3-4-5-6-7-8-9-10-11-12-13-14-15-16-17-18-19-20-30-24(21-27)26-25(29)23(28)22-31-26/h4-5,23-29H,2-3,6-22H2,1H3/b5-4+/t23-,24+,25+,26+/m1/s1. The van der Waals surface area contributed by atoms with Crippen LogP contribution in [0.2, 0.25) is 0 Å². The summed E-state index contributed by atoms with van der Waals surface area (Å²) in [5.41, 5.74) is 0. The van der Waals surface area contributed by atoms with Gasteiger partial charge in [-0.3, -0.25) is 0 Å². The van der Waals surface area contributed by atoms with Gasteiger partial charge in [-0.2, -0.15) is 0 Å². The Hall–Kier alpha value is -0.460. The highest BCUT2D eigenvalue weighted by atomic mass is 16.6. The molecule has 1 fully saturated rings. The van der Waals surface area contributed by atoms with Gasteiger partial charge in [0.1, 0.15) is 24.4 Å². The highest BCUT2D eigenvalue weighted by Gasteiger charge is 2.40. The summed E-state index contributed by atoms with van der Waals surface area (Å²) in [6, 6.07) is 0. The van der Waals surface area contributed by atoms with Crippen molar-refractivity contribution in [1.82, 2.24) is 0 Å². The van der Waals surface area contributed by atoms with Crippen LogP contribution in [-0.2, 0) is 9.47 Å². The maximum atomic E-state index is 9.85. The summed E-state index contributed by atoms with van der Waals surface area (Å²) in [5.74, 6) is 0. The normalized spacial score (nSPS) is 22.5. The summed E-state index contributed by atoms with van der Waals surface area (Å²) in [7, 11) is 0. The van der Waals surface area contributed by atoms with Gasteiger partial charge in [0.25, 0.3) is 0 Å². The second-order valence-electron chi connectivity index (χ2n) is 9.09. The zero-order chi connectivity index (χ0) is 22.6. The summed E-state index contributed by atoms with van der Waals surface area (Å²) in [5, 5.41) is 28.8. The molecule has 4 atom stereocenters. The average Bonchev–Trinajstić information content (AvgIpc) is 3.11. The van der Waals surface area contributed by atoms with Gasteiger partial charge in [0, 0.05) is 6.61 Å².